The lowest BCUT2D eigenvalue weighted by molar-refractivity contribution is 1.19. The van der Waals surface area contributed by atoms with Gasteiger partial charge in [0.25, 0.3) is 0 Å². The van der Waals surface area contributed by atoms with E-state index in [1.165, 1.54) is 11.8 Å². The first-order chi connectivity index (χ1) is 2.50. The second kappa shape index (κ2) is 1.36. The van der Waals surface area contributed by atoms with Gasteiger partial charge in [0.15, 0.2) is 5.88 Å². The Hall–Kier alpha value is -0.110. The van der Waals surface area contributed by atoms with Crippen molar-refractivity contribution in [2.24, 2.45) is 0 Å². The highest BCUT2D eigenvalue weighted by Gasteiger charge is 1.84. The van der Waals surface area contributed by atoms with Crippen LogP contribution in [0.4, 0.5) is 0 Å². The van der Waals surface area contributed by atoms with E-state index in [4.69, 9.17) is 0 Å². The molecule has 0 atom stereocenters. The van der Waals surface area contributed by atoms with Gasteiger partial charge in [-0.05, 0) is 5.41 Å². The lowest BCUT2D eigenvalue weighted by atomic mass is 11.1. The van der Waals surface area contributed by atoms with Gasteiger partial charge in [-0.1, -0.05) is 11.8 Å². The molecule has 0 saturated carbocycles. The highest BCUT2D eigenvalue weighted by atomic mass is 32.2. The molecule has 2 heteroatoms. The van der Waals surface area contributed by atoms with Crippen LogP contribution in [0.25, 0.3) is 0 Å². The molecular formula is C3H3NS. The Morgan fingerprint density at radius 3 is 3.00 bits per heavy atom. The van der Waals surface area contributed by atoms with E-state index in [-0.39, 0.29) is 0 Å². The van der Waals surface area contributed by atoms with Gasteiger partial charge in [0.05, 0.1) is 0 Å². The van der Waals surface area contributed by atoms with Crippen molar-refractivity contribution in [1.29, 1.82) is 0 Å². The average Bonchev–Trinajstić information content (AvgIpc) is 1.76. The van der Waals surface area contributed by atoms with Gasteiger partial charge >= 0.3 is 0 Å². The Morgan fingerprint density at radius 2 is 2.80 bits per heavy atom. The first-order valence-corrected chi connectivity index (χ1v) is 2.19. The number of nitrogens with one attached hydrogen (secondary N) is 1. The molecule has 0 aromatic carbocycles. The minimum absolute atomic E-state index is 1.53. The zero-order chi connectivity index (χ0) is 3.54. The van der Waals surface area contributed by atoms with Crippen molar-refractivity contribution >= 4 is 11.8 Å². The monoisotopic (exact) mass is 87.0 g/mol. The van der Waals surface area contributed by atoms with E-state index in [1.54, 1.807) is 0 Å². The summed E-state index contributed by atoms with van der Waals surface area (Å²) in [5.41, 5.74) is 0. The zero-order valence-electron chi connectivity index (χ0n) is 2.56. The summed E-state index contributed by atoms with van der Waals surface area (Å²) in [7, 11) is 0. The molecule has 0 unspecified atom stereocenters. The summed E-state index contributed by atoms with van der Waals surface area (Å²) in [6, 6.07) is 0. The molecule has 1 nitrogen and oxygen atoms in total. The van der Waals surface area contributed by atoms with Crippen molar-refractivity contribution < 1.29 is 0 Å². The summed E-state index contributed by atoms with van der Waals surface area (Å²) >= 11 is 1.53. The minimum Gasteiger partial charge on any atom is -0.370 e. The fourth-order valence-electron chi connectivity index (χ4n) is 0.170. The summed E-state index contributed by atoms with van der Waals surface area (Å²) in [4.78, 5) is 0. The van der Waals surface area contributed by atoms with Gasteiger partial charge in [-0.2, -0.15) is 0 Å². The van der Waals surface area contributed by atoms with Crippen molar-refractivity contribution in [1.82, 2.24) is 5.32 Å². The lowest BCUT2D eigenvalue weighted by Gasteiger charge is -1.73. The molecule has 0 amide bonds. The van der Waals surface area contributed by atoms with E-state index in [0.717, 1.165) is 0 Å². The molecule has 5 heavy (non-hydrogen) atoms. The van der Waals surface area contributed by atoms with Crippen molar-refractivity contribution in [3.05, 3.63) is 17.5 Å². The SMILES string of the molecule is C1=CS[14C]N1. The molecule has 1 N–H and O–H groups in total. The normalized spacial score (nSPS) is 19.2. The second-order valence-electron chi connectivity index (χ2n) is 0.667. The number of rotatable bonds is 0. The Labute approximate surface area is 35.4 Å². The third-order valence-electron chi connectivity index (χ3n) is 0.337. The summed E-state index contributed by atoms with van der Waals surface area (Å²) in [5, 5.41) is 4.69. The molecule has 1 aliphatic rings. The van der Waals surface area contributed by atoms with Gasteiger partial charge in [0.1, 0.15) is 0 Å². The van der Waals surface area contributed by atoms with E-state index < -0.39 is 0 Å². The third kappa shape index (κ3) is 0.581. The molecule has 2 radical (unpaired) electrons. The van der Waals surface area contributed by atoms with Gasteiger partial charge in [-0.15, -0.1) is 0 Å². The molecular weight excluding hydrogens is 84.1 g/mol. The van der Waals surface area contributed by atoms with Gasteiger partial charge in [-0.25, -0.2) is 0 Å². The standard InChI is InChI=1S/C3H3NS/c1-2-5-3-4-1/h1-2,4H/i3+2. The van der Waals surface area contributed by atoms with Crippen LogP contribution in [0.2, 0.25) is 0 Å². The van der Waals surface area contributed by atoms with E-state index in [2.05, 4.69) is 11.2 Å². The quantitative estimate of drug-likeness (QED) is 0.468. The first-order valence-electron chi connectivity index (χ1n) is 1.31. The van der Waals surface area contributed by atoms with Crippen LogP contribution in [-0.2, 0) is 0 Å². The van der Waals surface area contributed by atoms with Crippen molar-refractivity contribution in [2.45, 2.75) is 0 Å². The molecule has 0 spiro atoms. The van der Waals surface area contributed by atoms with E-state index in [1.807, 2.05) is 11.6 Å². The van der Waals surface area contributed by atoms with Gasteiger partial charge in [0.2, 0.25) is 0 Å². The Bertz CT molecular complexity index is 44.9. The maximum atomic E-state index is 2.78. The third-order valence-corrected chi connectivity index (χ3v) is 0.845. The largest absolute Gasteiger partial charge is 0.370 e. The van der Waals surface area contributed by atoms with Crippen LogP contribution in [0.15, 0.2) is 11.6 Å². The van der Waals surface area contributed by atoms with E-state index in [9.17, 15) is 0 Å². The summed E-state index contributed by atoms with van der Waals surface area (Å²) in [6.45, 7) is 0. The topological polar surface area (TPSA) is 12.0 Å². The summed E-state index contributed by atoms with van der Waals surface area (Å²) in [6.07, 6.45) is 1.84. The summed E-state index contributed by atoms with van der Waals surface area (Å²) in [5.74, 6) is 2.78. The lowest BCUT2D eigenvalue weighted by Crippen LogP contribution is -1.86. The van der Waals surface area contributed by atoms with Gasteiger partial charge in [0, 0.05) is 6.20 Å². The molecule has 1 rings (SSSR count). The molecule has 26 valence electrons. The highest BCUT2D eigenvalue weighted by Crippen LogP contribution is 2.07. The van der Waals surface area contributed by atoms with Crippen LogP contribution < -0.4 is 5.32 Å². The molecule has 0 fully saturated rings. The Balaban J connectivity index is 2.32. The fraction of sp³-hybridized carbons (Fsp3) is 0. The molecule has 0 aliphatic carbocycles. The van der Waals surface area contributed by atoms with Crippen molar-refractivity contribution in [3.8, 4) is 0 Å². The van der Waals surface area contributed by atoms with Crippen LogP contribution in [-0.4, -0.2) is 0 Å². The maximum Gasteiger partial charge on any atom is 0.160 e. The van der Waals surface area contributed by atoms with Crippen LogP contribution in [0, 0.1) is 5.88 Å². The van der Waals surface area contributed by atoms with Gasteiger partial charge < -0.3 is 5.32 Å². The molecule has 1 heterocycles. The Kier molecular flexibility index (Phi) is 0.841. The maximum absolute atomic E-state index is 2.78. The fourth-order valence-corrected chi connectivity index (χ4v) is 0.510. The van der Waals surface area contributed by atoms with Crippen molar-refractivity contribution in [3.63, 3.8) is 0 Å². The predicted octanol–water partition coefficient (Wildman–Crippen LogP) is 0.790. The molecule has 0 aromatic rings. The second-order valence-corrected chi connectivity index (χ2v) is 1.38. The first kappa shape index (κ1) is 3.09. The zero-order valence-corrected chi connectivity index (χ0v) is 3.38. The average molecular weight is 87.1 g/mol. The molecule has 1 aliphatic heterocycles. The predicted molar refractivity (Wildman–Crippen MR) is 23.1 cm³/mol. The van der Waals surface area contributed by atoms with Crippen LogP contribution in [0.1, 0.15) is 0 Å². The van der Waals surface area contributed by atoms with Gasteiger partial charge in [-0.3, -0.25) is 0 Å². The number of hydrogen-bond donors (Lipinski definition) is 1. The smallest absolute Gasteiger partial charge is 0.160 e. The molecule has 0 aromatic heterocycles. The Morgan fingerprint density at radius 1 is 1.80 bits per heavy atom. The van der Waals surface area contributed by atoms with E-state index >= 15 is 0 Å². The molecule has 0 bridgehead atoms. The highest BCUT2D eigenvalue weighted by molar-refractivity contribution is 8.04. The van der Waals surface area contributed by atoms with Crippen LogP contribution in [0.3, 0.4) is 0 Å². The van der Waals surface area contributed by atoms with Crippen LogP contribution >= 0.6 is 11.8 Å². The summed E-state index contributed by atoms with van der Waals surface area (Å²) < 4.78 is 0. The number of hydrogen-bond acceptors (Lipinski definition) is 2. The number of thioether (sulfide) groups is 1. The van der Waals surface area contributed by atoms with Crippen molar-refractivity contribution in [2.75, 3.05) is 0 Å². The van der Waals surface area contributed by atoms with E-state index in [0.29, 0.717) is 0 Å². The minimum atomic E-state index is 1.53. The molecule has 0 saturated heterocycles. The van der Waals surface area contributed by atoms with Crippen LogP contribution in [0.5, 0.6) is 0 Å².